The number of anilines is 1. The minimum Gasteiger partial charge on any atom is -0.452 e. The molecule has 0 spiro atoms. The van der Waals surface area contributed by atoms with Crippen molar-refractivity contribution >= 4 is 37.6 Å². The van der Waals surface area contributed by atoms with E-state index in [9.17, 15) is 26.4 Å². The van der Waals surface area contributed by atoms with Crippen LogP contribution < -0.4 is 10.0 Å². The summed E-state index contributed by atoms with van der Waals surface area (Å²) in [4.78, 5) is 24.1. The average Bonchev–Trinajstić information content (AvgIpc) is 2.76. The van der Waals surface area contributed by atoms with Crippen LogP contribution in [0.15, 0.2) is 58.3 Å². The molecular formula is C20H21N3O7S2. The molecule has 10 nitrogen and oxygen atoms in total. The van der Waals surface area contributed by atoms with Gasteiger partial charge < -0.3 is 10.1 Å². The molecule has 2 rings (SSSR count). The van der Waals surface area contributed by atoms with E-state index in [1.165, 1.54) is 56.6 Å². The first kappa shape index (κ1) is 25.0. The van der Waals surface area contributed by atoms with Gasteiger partial charge in [-0.25, -0.2) is 25.9 Å². The molecule has 0 aliphatic rings. The quantitative estimate of drug-likeness (QED) is 0.398. The Morgan fingerprint density at radius 3 is 2.34 bits per heavy atom. The number of sulfonamides is 2. The third kappa shape index (κ3) is 6.38. The fourth-order valence-corrected chi connectivity index (χ4v) is 4.29. The van der Waals surface area contributed by atoms with Crippen molar-refractivity contribution in [2.24, 2.45) is 0 Å². The van der Waals surface area contributed by atoms with Crippen molar-refractivity contribution in [3.63, 3.8) is 0 Å². The number of hydrogen-bond donors (Lipinski definition) is 2. The number of ether oxygens (including phenoxy) is 1. The standard InChI is InChI=1S/C20H21N3O7S2/c1-4-11-21-31(26,27)17-9-5-7-15(12-17)20(25)30-14-19(24)22-16-8-6-10-18(13-16)32(28,29)23(2)3/h1,5-10,12-13,21H,11,14H2,2-3H3,(H,22,24). The minimum atomic E-state index is -3.90. The highest BCUT2D eigenvalue weighted by molar-refractivity contribution is 7.89. The summed E-state index contributed by atoms with van der Waals surface area (Å²) in [6, 6.07) is 10.6. The van der Waals surface area contributed by atoms with E-state index in [1.807, 2.05) is 0 Å². The number of benzene rings is 2. The average molecular weight is 480 g/mol. The number of hydrogen-bond acceptors (Lipinski definition) is 7. The third-order valence-corrected chi connectivity index (χ3v) is 7.19. The number of amides is 1. The van der Waals surface area contributed by atoms with E-state index < -0.39 is 38.5 Å². The molecule has 0 aliphatic heterocycles. The van der Waals surface area contributed by atoms with Gasteiger partial charge in [-0.2, -0.15) is 4.72 Å². The van der Waals surface area contributed by atoms with Gasteiger partial charge in [0.05, 0.1) is 21.9 Å². The van der Waals surface area contributed by atoms with Gasteiger partial charge in [0.25, 0.3) is 5.91 Å². The number of carbonyl (C=O) groups is 2. The predicted molar refractivity (Wildman–Crippen MR) is 117 cm³/mol. The van der Waals surface area contributed by atoms with E-state index in [0.29, 0.717) is 0 Å². The summed E-state index contributed by atoms with van der Waals surface area (Å²) >= 11 is 0. The maximum Gasteiger partial charge on any atom is 0.338 e. The highest BCUT2D eigenvalue weighted by Crippen LogP contribution is 2.18. The van der Waals surface area contributed by atoms with Crippen molar-refractivity contribution < 1.29 is 31.2 Å². The molecule has 0 aromatic heterocycles. The fourth-order valence-electron chi connectivity index (χ4n) is 2.37. The van der Waals surface area contributed by atoms with Crippen LogP contribution in [0.1, 0.15) is 10.4 Å². The van der Waals surface area contributed by atoms with Crippen molar-refractivity contribution in [3.05, 3.63) is 54.1 Å². The summed E-state index contributed by atoms with van der Waals surface area (Å²) in [6.45, 7) is -0.885. The highest BCUT2D eigenvalue weighted by atomic mass is 32.2. The molecule has 0 aliphatic carbocycles. The van der Waals surface area contributed by atoms with E-state index >= 15 is 0 Å². The Bertz CT molecular complexity index is 1260. The summed E-state index contributed by atoms with van der Waals surface area (Å²) in [5, 5.41) is 2.44. The number of carbonyl (C=O) groups excluding carboxylic acids is 2. The first-order valence-electron chi connectivity index (χ1n) is 9.00. The van der Waals surface area contributed by atoms with E-state index in [2.05, 4.69) is 16.0 Å². The Kier molecular flexibility index (Phi) is 8.12. The fraction of sp³-hybridized carbons (Fsp3) is 0.200. The van der Waals surface area contributed by atoms with Gasteiger partial charge in [-0.05, 0) is 36.4 Å². The Morgan fingerprint density at radius 1 is 1.03 bits per heavy atom. The summed E-state index contributed by atoms with van der Waals surface area (Å²) in [5.41, 5.74) is 0.113. The second-order valence-corrected chi connectivity index (χ2v) is 10.4. The molecule has 170 valence electrons. The van der Waals surface area contributed by atoms with Gasteiger partial charge in [-0.1, -0.05) is 18.1 Å². The van der Waals surface area contributed by atoms with Crippen LogP contribution in [0.25, 0.3) is 0 Å². The van der Waals surface area contributed by atoms with Crippen LogP contribution in [0.4, 0.5) is 5.69 Å². The van der Waals surface area contributed by atoms with Crippen molar-refractivity contribution in [1.29, 1.82) is 0 Å². The molecule has 2 aromatic carbocycles. The number of esters is 1. The van der Waals surface area contributed by atoms with Gasteiger partial charge in [-0.3, -0.25) is 4.79 Å². The molecule has 0 atom stereocenters. The maximum atomic E-state index is 12.2. The lowest BCUT2D eigenvalue weighted by molar-refractivity contribution is -0.119. The number of nitrogens with zero attached hydrogens (tertiary/aromatic N) is 1. The summed E-state index contributed by atoms with van der Waals surface area (Å²) in [5.74, 6) is 0.509. The van der Waals surface area contributed by atoms with Crippen LogP contribution in [-0.4, -0.2) is 60.3 Å². The summed E-state index contributed by atoms with van der Waals surface area (Å²) in [6.07, 6.45) is 5.04. The van der Waals surface area contributed by atoms with Crippen LogP contribution in [0.3, 0.4) is 0 Å². The Morgan fingerprint density at radius 2 is 1.69 bits per heavy atom. The zero-order valence-electron chi connectivity index (χ0n) is 17.2. The molecular weight excluding hydrogens is 458 g/mol. The van der Waals surface area contributed by atoms with Crippen molar-refractivity contribution in [3.8, 4) is 12.3 Å². The molecule has 12 heteroatoms. The largest absolute Gasteiger partial charge is 0.452 e. The highest BCUT2D eigenvalue weighted by Gasteiger charge is 2.19. The minimum absolute atomic E-state index is 0.0197. The topological polar surface area (TPSA) is 139 Å². The molecule has 0 unspecified atom stereocenters. The van der Waals surface area contributed by atoms with Crippen LogP contribution in [0.2, 0.25) is 0 Å². The molecule has 2 aromatic rings. The maximum absolute atomic E-state index is 12.2. The third-order valence-electron chi connectivity index (χ3n) is 3.98. The lowest BCUT2D eigenvalue weighted by Crippen LogP contribution is -2.24. The summed E-state index contributed by atoms with van der Waals surface area (Å²) < 4.78 is 56.7. The van der Waals surface area contributed by atoms with E-state index in [-0.39, 0.29) is 27.6 Å². The molecule has 32 heavy (non-hydrogen) atoms. The molecule has 0 saturated heterocycles. The Labute approximate surface area is 186 Å². The van der Waals surface area contributed by atoms with E-state index in [0.717, 1.165) is 10.4 Å². The van der Waals surface area contributed by atoms with Crippen LogP contribution in [0, 0.1) is 12.3 Å². The first-order valence-corrected chi connectivity index (χ1v) is 11.9. The smallest absolute Gasteiger partial charge is 0.338 e. The molecule has 0 radical (unpaired) electrons. The Balaban J connectivity index is 2.03. The molecule has 1 amide bonds. The van der Waals surface area contributed by atoms with Gasteiger partial charge in [0, 0.05) is 19.8 Å². The van der Waals surface area contributed by atoms with E-state index in [1.54, 1.807) is 0 Å². The van der Waals surface area contributed by atoms with Gasteiger partial charge in [-0.15, -0.1) is 6.42 Å². The zero-order chi connectivity index (χ0) is 23.9. The van der Waals surface area contributed by atoms with Crippen LogP contribution in [-0.2, 0) is 29.6 Å². The predicted octanol–water partition coefficient (Wildman–Crippen LogP) is 0.644. The monoisotopic (exact) mass is 479 g/mol. The number of rotatable bonds is 9. The molecule has 0 saturated carbocycles. The normalized spacial score (nSPS) is 11.6. The van der Waals surface area contributed by atoms with Gasteiger partial charge in [0.2, 0.25) is 20.0 Å². The molecule has 0 heterocycles. The SMILES string of the molecule is C#CCNS(=O)(=O)c1cccc(C(=O)OCC(=O)Nc2cccc(S(=O)(=O)N(C)C)c2)c1. The molecule has 0 fully saturated rings. The van der Waals surface area contributed by atoms with E-state index in [4.69, 9.17) is 11.2 Å². The van der Waals surface area contributed by atoms with Crippen LogP contribution >= 0.6 is 0 Å². The van der Waals surface area contributed by atoms with Crippen molar-refractivity contribution in [1.82, 2.24) is 9.03 Å². The molecule has 2 N–H and O–H groups in total. The lowest BCUT2D eigenvalue weighted by Gasteiger charge is -2.13. The number of terminal acetylenes is 1. The Hall–Kier alpha value is -3.24. The van der Waals surface area contributed by atoms with Gasteiger partial charge in [0.15, 0.2) is 6.61 Å². The van der Waals surface area contributed by atoms with Crippen molar-refractivity contribution in [2.45, 2.75) is 9.79 Å². The summed E-state index contributed by atoms with van der Waals surface area (Å²) in [7, 11) is -4.83. The van der Waals surface area contributed by atoms with Gasteiger partial charge >= 0.3 is 5.97 Å². The number of nitrogens with one attached hydrogen (secondary N) is 2. The molecule has 0 bridgehead atoms. The van der Waals surface area contributed by atoms with Crippen molar-refractivity contribution in [2.75, 3.05) is 32.6 Å². The zero-order valence-corrected chi connectivity index (χ0v) is 18.9. The van der Waals surface area contributed by atoms with Crippen LogP contribution in [0.5, 0.6) is 0 Å². The first-order chi connectivity index (χ1) is 15.0. The second kappa shape index (κ2) is 10.4. The van der Waals surface area contributed by atoms with Gasteiger partial charge in [0.1, 0.15) is 0 Å². The lowest BCUT2D eigenvalue weighted by atomic mass is 10.2. The second-order valence-electron chi connectivity index (χ2n) is 6.50.